The van der Waals surface area contributed by atoms with Crippen molar-refractivity contribution in [2.45, 2.75) is 0 Å². The van der Waals surface area contributed by atoms with E-state index in [0.29, 0.717) is 0 Å². The predicted octanol–water partition coefficient (Wildman–Crippen LogP) is -1.25. The molecule has 0 atom stereocenters. The fraction of sp³-hybridized carbons (Fsp3) is 0. The topological polar surface area (TPSA) is 66.3 Å². The van der Waals surface area contributed by atoms with Gasteiger partial charge < -0.3 is 9.32 Å². The van der Waals surface area contributed by atoms with Gasteiger partial charge in [-0.25, -0.2) is 0 Å². The minimum Gasteiger partial charge on any atom is -0.321 e. The van der Waals surface area contributed by atoms with E-state index in [-0.39, 0.29) is 0 Å². The summed E-state index contributed by atoms with van der Waals surface area (Å²) in [7, 11) is -2.60. The van der Waals surface area contributed by atoms with E-state index in [0.717, 1.165) is 0 Å². The number of halogens is 1. The summed E-state index contributed by atoms with van der Waals surface area (Å²) in [6, 6.07) is 12.0. The lowest BCUT2D eigenvalue weighted by Gasteiger charge is -1.72. The largest absolute Gasteiger partial charge is 0.321 e. The number of hydrogen-bond donors (Lipinski definition) is 1. The highest BCUT2D eigenvalue weighted by Crippen LogP contribution is 1.79. The van der Waals surface area contributed by atoms with Crippen molar-refractivity contribution in [1.29, 1.82) is 0 Å². The van der Waals surface area contributed by atoms with Crippen molar-refractivity contribution in [2.24, 2.45) is 0 Å². The van der Waals surface area contributed by atoms with Gasteiger partial charge in [0.2, 0.25) is 0 Å². The van der Waals surface area contributed by atoms with E-state index in [4.69, 9.17) is 14.0 Å². The van der Waals surface area contributed by atoms with Crippen molar-refractivity contribution in [1.82, 2.24) is 0 Å². The molecule has 3 nitrogen and oxygen atoms in total. The summed E-state index contributed by atoms with van der Waals surface area (Å²) in [4.78, 5) is 0. The van der Waals surface area contributed by atoms with Gasteiger partial charge in [-0.05, 0) is 0 Å². The van der Waals surface area contributed by atoms with Crippen molar-refractivity contribution < 1.29 is 24.8 Å². The van der Waals surface area contributed by atoms with Crippen molar-refractivity contribution in [2.75, 3.05) is 0 Å². The average Bonchev–Trinajstić information content (AvgIpc) is 1.90. The number of rotatable bonds is 0. The highest BCUT2D eigenvalue weighted by molar-refractivity contribution is 4.99. The summed E-state index contributed by atoms with van der Waals surface area (Å²) in [6.07, 6.45) is 0. The molecule has 0 heterocycles. The summed E-state index contributed by atoms with van der Waals surface area (Å²) < 4.78 is 24.0. The van der Waals surface area contributed by atoms with E-state index in [1.165, 1.54) is 0 Å². The van der Waals surface area contributed by atoms with Crippen molar-refractivity contribution in [3.63, 3.8) is 0 Å². The molecule has 0 unspecified atom stereocenters. The van der Waals surface area contributed by atoms with Crippen LogP contribution in [0.4, 0.5) is 0 Å². The third-order valence-corrected chi connectivity index (χ3v) is 0.667. The lowest BCUT2D eigenvalue weighted by atomic mass is 10.4. The van der Waals surface area contributed by atoms with Gasteiger partial charge in [-0.1, -0.05) is 36.4 Å². The Balaban J connectivity index is 0.000000180. The maximum atomic E-state index is 8.52. The molecule has 0 saturated carbocycles. The molecular weight excluding hydrogens is 156 g/mol. The molecular formula is C6H7ClO3. The molecule has 1 aromatic rings. The standard InChI is InChI=1S/C6H6.ClHO3/c1-2-4-6-5-3-1;2-1(3)4/h1-6H;2H. The van der Waals surface area contributed by atoms with Crippen LogP contribution in [0.25, 0.3) is 0 Å². The fourth-order valence-corrected chi connectivity index (χ4v) is 0.385. The maximum absolute atomic E-state index is 8.52. The van der Waals surface area contributed by atoms with Gasteiger partial charge >= 0.3 is 0 Å². The summed E-state index contributed by atoms with van der Waals surface area (Å²) in [5.41, 5.74) is 0. The van der Waals surface area contributed by atoms with Crippen LogP contribution in [-0.2, 0) is 0 Å². The lowest BCUT2D eigenvalue weighted by Crippen LogP contribution is -2.30. The van der Waals surface area contributed by atoms with Crippen molar-refractivity contribution >= 4 is 0 Å². The normalized spacial score (nSPS) is 8.40. The second-order valence-corrected chi connectivity index (χ2v) is 1.76. The molecule has 1 N–H and O–H groups in total. The molecule has 0 saturated heterocycles. The minimum absolute atomic E-state index is 2.00. The zero-order valence-corrected chi connectivity index (χ0v) is 5.86. The number of hydrogen-bond acceptors (Lipinski definition) is 3. The first-order valence-corrected chi connectivity index (χ1v) is 3.43. The first-order valence-electron chi connectivity index (χ1n) is 2.48. The molecule has 0 aromatic heterocycles. The van der Waals surface area contributed by atoms with Gasteiger partial charge in [0.05, 0.1) is 0 Å². The fourth-order valence-electron chi connectivity index (χ4n) is 0.385. The van der Waals surface area contributed by atoms with Crippen LogP contribution in [0.15, 0.2) is 36.4 Å². The Morgan fingerprint density at radius 2 is 0.900 bits per heavy atom. The monoisotopic (exact) mass is 162 g/mol. The molecule has 0 aliphatic rings. The van der Waals surface area contributed by atoms with Crippen molar-refractivity contribution in [3.8, 4) is 0 Å². The molecule has 1 rings (SSSR count). The Labute approximate surface area is 62.0 Å². The molecule has 0 amide bonds. The molecule has 0 spiro atoms. The zero-order valence-electron chi connectivity index (χ0n) is 5.11. The first kappa shape index (κ1) is 9.39. The molecule has 10 heavy (non-hydrogen) atoms. The first-order chi connectivity index (χ1) is 4.73. The molecule has 0 bridgehead atoms. The summed E-state index contributed by atoms with van der Waals surface area (Å²) in [5.74, 6) is 0. The third-order valence-electron chi connectivity index (χ3n) is 0.667. The van der Waals surface area contributed by atoms with Crippen LogP contribution in [0.5, 0.6) is 0 Å². The van der Waals surface area contributed by atoms with Crippen LogP contribution < -0.4 is 9.32 Å². The SMILES string of the molecule is [O-][Cl+2]([O-])O.c1ccccc1. The van der Waals surface area contributed by atoms with Crippen LogP contribution in [-0.4, -0.2) is 4.66 Å². The Kier molecular flexibility index (Phi) is 6.11. The quantitative estimate of drug-likeness (QED) is 0.519. The highest BCUT2D eigenvalue weighted by atomic mass is 35.6. The van der Waals surface area contributed by atoms with E-state index in [1.54, 1.807) is 0 Å². The van der Waals surface area contributed by atoms with Crippen molar-refractivity contribution in [3.05, 3.63) is 36.4 Å². The van der Waals surface area contributed by atoms with Crippen LogP contribution in [0.1, 0.15) is 0 Å². The number of benzene rings is 1. The van der Waals surface area contributed by atoms with Crippen LogP contribution in [0.3, 0.4) is 0 Å². The summed E-state index contributed by atoms with van der Waals surface area (Å²) in [6.45, 7) is 0. The second-order valence-electron chi connectivity index (χ2n) is 1.36. The minimum atomic E-state index is -2.60. The molecule has 0 aliphatic carbocycles. The Morgan fingerprint density at radius 3 is 1.00 bits per heavy atom. The highest BCUT2D eigenvalue weighted by Gasteiger charge is 1.79. The molecule has 56 valence electrons. The van der Waals surface area contributed by atoms with Gasteiger partial charge in [-0.2, -0.15) is 0 Å². The van der Waals surface area contributed by atoms with E-state index in [9.17, 15) is 0 Å². The zero-order chi connectivity index (χ0) is 7.82. The van der Waals surface area contributed by atoms with E-state index < -0.39 is 10.8 Å². The summed E-state index contributed by atoms with van der Waals surface area (Å²) in [5, 5.41) is 0. The van der Waals surface area contributed by atoms with E-state index in [1.807, 2.05) is 36.4 Å². The molecule has 0 radical (unpaired) electrons. The average molecular weight is 163 g/mol. The van der Waals surface area contributed by atoms with Crippen LogP contribution in [0, 0.1) is 10.8 Å². The second kappa shape index (κ2) is 6.51. The smallest absolute Gasteiger partial charge is 0.282 e. The third kappa shape index (κ3) is 10.4. The van der Waals surface area contributed by atoms with Gasteiger partial charge in [0.25, 0.3) is 10.8 Å². The van der Waals surface area contributed by atoms with Gasteiger partial charge in [-0.15, -0.1) is 0 Å². The van der Waals surface area contributed by atoms with Crippen LogP contribution in [0.2, 0.25) is 0 Å². The van der Waals surface area contributed by atoms with Gasteiger partial charge in [0.1, 0.15) is 0 Å². The lowest BCUT2D eigenvalue weighted by molar-refractivity contribution is -1.63. The molecule has 1 aromatic carbocycles. The maximum Gasteiger partial charge on any atom is 0.282 e. The summed E-state index contributed by atoms with van der Waals surface area (Å²) >= 11 is 0. The Morgan fingerprint density at radius 1 is 0.800 bits per heavy atom. The van der Waals surface area contributed by atoms with E-state index in [2.05, 4.69) is 0 Å². The van der Waals surface area contributed by atoms with Gasteiger partial charge in [0.15, 0.2) is 0 Å². The molecule has 0 aliphatic heterocycles. The van der Waals surface area contributed by atoms with Gasteiger partial charge in [-0.3, -0.25) is 0 Å². The Bertz CT molecular complexity index is 113. The Hall–Kier alpha value is -0.610. The van der Waals surface area contributed by atoms with E-state index >= 15 is 0 Å². The predicted molar refractivity (Wildman–Crippen MR) is 28.7 cm³/mol. The van der Waals surface area contributed by atoms with Crippen LogP contribution >= 0.6 is 0 Å². The molecule has 4 heteroatoms. The molecule has 0 fully saturated rings. The van der Waals surface area contributed by atoms with Gasteiger partial charge in [0, 0.05) is 4.66 Å².